The van der Waals surface area contributed by atoms with E-state index in [9.17, 15) is 0 Å². The molecule has 4 nitrogen and oxygen atoms in total. The summed E-state index contributed by atoms with van der Waals surface area (Å²) >= 11 is 4.01. The van der Waals surface area contributed by atoms with Gasteiger partial charge in [-0.2, -0.15) is 0 Å². The van der Waals surface area contributed by atoms with Crippen LogP contribution in [0.3, 0.4) is 0 Å². The summed E-state index contributed by atoms with van der Waals surface area (Å²) in [6, 6.07) is 0. The zero-order valence-electron chi connectivity index (χ0n) is 4.57. The van der Waals surface area contributed by atoms with Crippen LogP contribution in [0.1, 0.15) is 0 Å². The number of thiol groups is 1. The molecule has 1 rings (SSSR count). The Morgan fingerprint density at radius 3 is 2.62 bits per heavy atom. The highest BCUT2D eigenvalue weighted by Crippen LogP contribution is 2.04. The summed E-state index contributed by atoms with van der Waals surface area (Å²) in [4.78, 5) is 3.87. The fourth-order valence-electron chi connectivity index (χ4n) is 0.451. The second-order valence-electron chi connectivity index (χ2n) is 1.55. The van der Waals surface area contributed by atoms with E-state index in [1.54, 1.807) is 16.5 Å². The molecule has 0 aromatic rings. The van der Waals surface area contributed by atoms with E-state index in [-0.39, 0.29) is 0 Å². The fraction of sp³-hybridized carbons (Fsp3) is 0.667. The highest BCUT2D eigenvalue weighted by atomic mass is 32.1. The van der Waals surface area contributed by atoms with Crippen molar-refractivity contribution in [3.05, 3.63) is 0 Å². The smallest absolute Gasteiger partial charge is 0.208 e. The second-order valence-corrected chi connectivity index (χ2v) is 2.02. The van der Waals surface area contributed by atoms with Crippen LogP contribution in [0, 0.1) is 0 Å². The highest BCUT2D eigenvalue weighted by Gasteiger charge is 2.14. The summed E-state index contributed by atoms with van der Waals surface area (Å²) in [5.41, 5.74) is 5.35. The molecule has 0 bridgehead atoms. The molecule has 8 heavy (non-hydrogen) atoms. The topological polar surface area (TPSA) is 44.9 Å². The molecule has 1 aliphatic rings. The van der Waals surface area contributed by atoms with Gasteiger partial charge in [-0.3, -0.25) is 5.01 Å². The summed E-state index contributed by atoms with van der Waals surface area (Å²) in [5.74, 6) is 0.514. The number of hydrogen-bond acceptors (Lipinski definition) is 5. The van der Waals surface area contributed by atoms with E-state index in [1.807, 2.05) is 0 Å². The molecule has 46 valence electrons. The molecule has 0 spiro atoms. The van der Waals surface area contributed by atoms with E-state index < -0.39 is 0 Å². The molecule has 0 fully saturated rings. The number of nitrogens with two attached hydrogens (primary N) is 1. The number of nitrogens with zero attached hydrogens (tertiary/aromatic N) is 3. The van der Waals surface area contributed by atoms with Crippen molar-refractivity contribution in [2.45, 2.75) is 0 Å². The molecule has 5 heteroatoms. The molecule has 1 aliphatic heterocycles. The minimum atomic E-state index is 0.514. The minimum absolute atomic E-state index is 0.514. The van der Waals surface area contributed by atoms with Crippen LogP contribution in [-0.4, -0.2) is 29.1 Å². The average Bonchev–Trinajstić information content (AvgIpc) is 1.98. The van der Waals surface area contributed by atoms with E-state index in [0.29, 0.717) is 12.6 Å². The van der Waals surface area contributed by atoms with Gasteiger partial charge >= 0.3 is 0 Å². The van der Waals surface area contributed by atoms with E-state index in [1.165, 1.54) is 0 Å². The van der Waals surface area contributed by atoms with Gasteiger partial charge in [0.15, 0.2) is 0 Å². The summed E-state index contributed by atoms with van der Waals surface area (Å²) in [6.45, 7) is 0.547. The van der Waals surface area contributed by atoms with Crippen LogP contribution in [0.4, 0.5) is 0 Å². The predicted molar refractivity (Wildman–Crippen MR) is 35.1 cm³/mol. The Morgan fingerprint density at radius 2 is 2.50 bits per heavy atom. The van der Waals surface area contributed by atoms with Crippen molar-refractivity contribution in [1.82, 2.24) is 9.42 Å². The Bertz CT molecular complexity index is 122. The normalized spacial score (nSPS) is 21.8. The fourth-order valence-corrected chi connectivity index (χ4v) is 0.606. The van der Waals surface area contributed by atoms with Crippen molar-refractivity contribution >= 4 is 18.8 Å². The van der Waals surface area contributed by atoms with Crippen LogP contribution in [-0.2, 0) is 0 Å². The third-order valence-electron chi connectivity index (χ3n) is 1.04. The van der Waals surface area contributed by atoms with Gasteiger partial charge in [0, 0.05) is 7.05 Å². The van der Waals surface area contributed by atoms with Crippen LogP contribution >= 0.6 is 12.8 Å². The van der Waals surface area contributed by atoms with E-state index in [0.717, 1.165) is 0 Å². The minimum Gasteiger partial charge on any atom is -0.369 e. The average molecular weight is 132 g/mol. The maximum atomic E-state index is 5.35. The first-order valence-electron chi connectivity index (χ1n) is 2.22. The first kappa shape index (κ1) is 5.71. The first-order valence-corrected chi connectivity index (χ1v) is 2.62. The van der Waals surface area contributed by atoms with Crippen LogP contribution in [0.15, 0.2) is 4.99 Å². The van der Waals surface area contributed by atoms with Crippen LogP contribution in [0.25, 0.3) is 0 Å². The lowest BCUT2D eigenvalue weighted by atomic mass is 11.0. The van der Waals surface area contributed by atoms with Crippen LogP contribution in [0.2, 0.25) is 0 Å². The Kier molecular flexibility index (Phi) is 1.31. The van der Waals surface area contributed by atoms with Gasteiger partial charge in [0.25, 0.3) is 0 Å². The van der Waals surface area contributed by atoms with Gasteiger partial charge in [-0.25, -0.2) is 4.99 Å². The molecule has 2 N–H and O–H groups in total. The van der Waals surface area contributed by atoms with Gasteiger partial charge < -0.3 is 5.73 Å². The summed E-state index contributed by atoms with van der Waals surface area (Å²) in [7, 11) is 1.80. The van der Waals surface area contributed by atoms with Crippen molar-refractivity contribution < 1.29 is 0 Å². The van der Waals surface area contributed by atoms with Gasteiger partial charge in [-0.05, 0) is 0 Å². The largest absolute Gasteiger partial charge is 0.369 e. The molecular weight excluding hydrogens is 124 g/mol. The van der Waals surface area contributed by atoms with Gasteiger partial charge in [0.1, 0.15) is 6.67 Å². The maximum absolute atomic E-state index is 5.35. The van der Waals surface area contributed by atoms with Gasteiger partial charge in [-0.15, -0.1) is 4.41 Å². The predicted octanol–water partition coefficient (Wildman–Crippen LogP) is -0.734. The molecule has 0 aromatic carbocycles. The Balaban J connectivity index is 2.59. The number of rotatable bonds is 0. The van der Waals surface area contributed by atoms with Gasteiger partial charge in [0.2, 0.25) is 5.96 Å². The molecule has 1 heterocycles. The number of guanidine groups is 1. The molecule has 0 aromatic heterocycles. The quantitative estimate of drug-likeness (QED) is 0.427. The summed E-state index contributed by atoms with van der Waals surface area (Å²) in [6.07, 6.45) is 0. The molecule has 0 saturated heterocycles. The lowest BCUT2D eigenvalue weighted by Gasteiger charge is -2.17. The Labute approximate surface area is 53.5 Å². The third-order valence-corrected chi connectivity index (χ3v) is 1.43. The van der Waals surface area contributed by atoms with Crippen molar-refractivity contribution in [3.8, 4) is 0 Å². The standard InChI is InChI=1S/C3H8N4S/c1-6-3(4)5-2-7(6)8/h8H,2H2,1H3,(H2,4,5). The van der Waals surface area contributed by atoms with Crippen LogP contribution < -0.4 is 5.73 Å². The molecule has 0 amide bonds. The van der Waals surface area contributed by atoms with Crippen molar-refractivity contribution in [1.29, 1.82) is 0 Å². The number of hydrazine groups is 1. The zero-order valence-corrected chi connectivity index (χ0v) is 5.47. The number of aliphatic imine (C=N–C) groups is 1. The lowest BCUT2D eigenvalue weighted by molar-refractivity contribution is 0.241. The second kappa shape index (κ2) is 1.83. The molecule has 0 aliphatic carbocycles. The molecular formula is C3H8N4S. The Morgan fingerprint density at radius 1 is 1.88 bits per heavy atom. The van der Waals surface area contributed by atoms with Crippen molar-refractivity contribution in [2.24, 2.45) is 10.7 Å². The van der Waals surface area contributed by atoms with E-state index >= 15 is 0 Å². The highest BCUT2D eigenvalue weighted by molar-refractivity contribution is 7.77. The summed E-state index contributed by atoms with van der Waals surface area (Å²) in [5, 5.41) is 1.67. The van der Waals surface area contributed by atoms with Crippen LogP contribution in [0.5, 0.6) is 0 Å². The van der Waals surface area contributed by atoms with Gasteiger partial charge in [0.05, 0.1) is 0 Å². The van der Waals surface area contributed by atoms with Gasteiger partial charge in [-0.1, -0.05) is 12.8 Å². The van der Waals surface area contributed by atoms with E-state index in [4.69, 9.17) is 5.73 Å². The molecule has 0 radical (unpaired) electrons. The van der Waals surface area contributed by atoms with Crippen molar-refractivity contribution in [3.63, 3.8) is 0 Å². The molecule has 0 atom stereocenters. The van der Waals surface area contributed by atoms with Crippen molar-refractivity contribution in [2.75, 3.05) is 13.7 Å². The third kappa shape index (κ3) is 0.740. The molecule has 0 saturated carbocycles. The first-order chi connectivity index (χ1) is 3.72. The lowest BCUT2D eigenvalue weighted by Crippen LogP contribution is -2.36. The summed E-state index contributed by atoms with van der Waals surface area (Å²) < 4.78 is 1.62. The Hall–Kier alpha value is -0.420. The monoisotopic (exact) mass is 132 g/mol. The maximum Gasteiger partial charge on any atom is 0.208 e. The SMILES string of the molecule is CN1C(N)=NCN1S. The zero-order chi connectivity index (χ0) is 6.15. The van der Waals surface area contributed by atoms with E-state index in [2.05, 4.69) is 17.8 Å². The molecule has 0 unspecified atom stereocenters. The number of hydrogen-bond donors (Lipinski definition) is 2.